The van der Waals surface area contributed by atoms with Gasteiger partial charge in [0.2, 0.25) is 0 Å². The number of amides is 1. The third kappa shape index (κ3) is 5.26. The molecular formula is C19H25N3O2. The lowest BCUT2D eigenvalue weighted by atomic mass is 10.2. The molecule has 24 heavy (non-hydrogen) atoms. The monoisotopic (exact) mass is 327 g/mol. The van der Waals surface area contributed by atoms with Crippen LogP contribution in [0, 0.1) is 0 Å². The fraction of sp³-hybridized carbons (Fsp3) is 0.368. The second kappa shape index (κ2) is 9.55. The van der Waals surface area contributed by atoms with Crippen LogP contribution in [0.4, 0.5) is 5.82 Å². The molecule has 0 saturated heterocycles. The van der Waals surface area contributed by atoms with Gasteiger partial charge in [0.25, 0.3) is 5.91 Å². The summed E-state index contributed by atoms with van der Waals surface area (Å²) < 4.78 is 5.30. The number of nitrogens with zero attached hydrogens (tertiary/aromatic N) is 1. The van der Waals surface area contributed by atoms with Gasteiger partial charge in [0, 0.05) is 30.4 Å². The van der Waals surface area contributed by atoms with Crippen LogP contribution in [0.1, 0.15) is 42.1 Å². The molecule has 1 amide bonds. The van der Waals surface area contributed by atoms with Gasteiger partial charge in [-0.3, -0.25) is 4.79 Å². The minimum Gasteiger partial charge on any atom is -0.496 e. The summed E-state index contributed by atoms with van der Waals surface area (Å²) in [5.41, 5.74) is 1.54. The highest BCUT2D eigenvalue weighted by Crippen LogP contribution is 2.17. The van der Waals surface area contributed by atoms with Gasteiger partial charge in [0.1, 0.15) is 11.6 Å². The smallest absolute Gasteiger partial charge is 0.251 e. The van der Waals surface area contributed by atoms with Gasteiger partial charge in [0.15, 0.2) is 0 Å². The Balaban J connectivity index is 1.92. The molecule has 128 valence electrons. The number of aromatic nitrogens is 1. The van der Waals surface area contributed by atoms with Crippen molar-refractivity contribution in [2.45, 2.75) is 32.7 Å². The lowest BCUT2D eigenvalue weighted by molar-refractivity contribution is 0.0950. The number of pyridine rings is 1. The fourth-order valence-electron chi connectivity index (χ4n) is 2.39. The van der Waals surface area contributed by atoms with E-state index < -0.39 is 0 Å². The molecule has 0 atom stereocenters. The summed E-state index contributed by atoms with van der Waals surface area (Å²) in [6.07, 6.45) is 5.12. The molecule has 1 aromatic carbocycles. The number of unbranched alkanes of at least 4 members (excludes halogenated alkanes) is 2. The zero-order chi connectivity index (χ0) is 17.2. The quantitative estimate of drug-likeness (QED) is 0.691. The van der Waals surface area contributed by atoms with Crippen molar-refractivity contribution in [3.05, 3.63) is 53.7 Å². The number of carbonyl (C=O) groups excluding carboxylic acids is 1. The third-order valence-electron chi connectivity index (χ3n) is 3.74. The predicted molar refractivity (Wildman–Crippen MR) is 96.4 cm³/mol. The van der Waals surface area contributed by atoms with E-state index in [1.807, 2.05) is 24.3 Å². The van der Waals surface area contributed by atoms with Crippen LogP contribution in [0.5, 0.6) is 5.75 Å². The zero-order valence-electron chi connectivity index (χ0n) is 14.3. The van der Waals surface area contributed by atoms with Crippen LogP contribution >= 0.6 is 0 Å². The van der Waals surface area contributed by atoms with Gasteiger partial charge in [-0.25, -0.2) is 4.98 Å². The summed E-state index contributed by atoms with van der Waals surface area (Å²) >= 11 is 0. The number of nitrogens with one attached hydrogen (secondary N) is 2. The van der Waals surface area contributed by atoms with E-state index in [2.05, 4.69) is 22.5 Å². The van der Waals surface area contributed by atoms with Crippen LogP contribution in [-0.2, 0) is 6.54 Å². The van der Waals surface area contributed by atoms with Crippen LogP contribution in [0.25, 0.3) is 0 Å². The predicted octanol–water partition coefficient (Wildman–Crippen LogP) is 3.62. The SMILES string of the molecule is CCCCCNc1cc(C(=O)NCc2ccccc2OC)ccn1. The van der Waals surface area contributed by atoms with Crippen molar-refractivity contribution in [3.63, 3.8) is 0 Å². The number of anilines is 1. The van der Waals surface area contributed by atoms with Gasteiger partial charge >= 0.3 is 0 Å². The normalized spacial score (nSPS) is 10.2. The van der Waals surface area contributed by atoms with Crippen molar-refractivity contribution in [2.24, 2.45) is 0 Å². The van der Waals surface area contributed by atoms with Gasteiger partial charge in [0.05, 0.1) is 7.11 Å². The standard InChI is InChI=1S/C19H25N3O2/c1-3-4-7-11-20-18-13-15(10-12-21-18)19(23)22-14-16-8-5-6-9-17(16)24-2/h5-6,8-10,12-13H,3-4,7,11,14H2,1-2H3,(H,20,21)(H,22,23). The Bertz CT molecular complexity index is 659. The second-order valence-corrected chi connectivity index (χ2v) is 5.56. The molecule has 1 aromatic heterocycles. The molecule has 0 bridgehead atoms. The number of carbonyl (C=O) groups is 1. The van der Waals surface area contributed by atoms with Crippen molar-refractivity contribution in [2.75, 3.05) is 19.0 Å². The summed E-state index contributed by atoms with van der Waals surface area (Å²) in [5, 5.41) is 6.17. The van der Waals surface area contributed by atoms with Gasteiger partial charge < -0.3 is 15.4 Å². The third-order valence-corrected chi connectivity index (χ3v) is 3.74. The van der Waals surface area contributed by atoms with Crippen LogP contribution in [0.3, 0.4) is 0 Å². The van der Waals surface area contributed by atoms with E-state index in [0.717, 1.165) is 30.1 Å². The van der Waals surface area contributed by atoms with Crippen molar-refractivity contribution >= 4 is 11.7 Å². The number of hydrogen-bond acceptors (Lipinski definition) is 4. The van der Waals surface area contributed by atoms with E-state index in [1.54, 1.807) is 25.4 Å². The molecule has 0 aliphatic rings. The summed E-state index contributed by atoms with van der Waals surface area (Å²) in [6.45, 7) is 3.46. The number of hydrogen-bond donors (Lipinski definition) is 2. The first kappa shape index (κ1) is 17.8. The Morgan fingerprint density at radius 3 is 2.83 bits per heavy atom. The summed E-state index contributed by atoms with van der Waals surface area (Å²) in [6, 6.07) is 11.1. The van der Waals surface area contributed by atoms with E-state index in [4.69, 9.17) is 4.74 Å². The lowest BCUT2D eigenvalue weighted by Gasteiger charge is -2.10. The fourth-order valence-corrected chi connectivity index (χ4v) is 2.39. The maximum atomic E-state index is 12.3. The number of para-hydroxylation sites is 1. The largest absolute Gasteiger partial charge is 0.496 e. The summed E-state index contributed by atoms with van der Waals surface area (Å²) in [4.78, 5) is 16.6. The van der Waals surface area contributed by atoms with Gasteiger partial charge in [-0.05, 0) is 24.6 Å². The molecule has 1 heterocycles. The molecule has 0 radical (unpaired) electrons. The van der Waals surface area contributed by atoms with Crippen LogP contribution in [-0.4, -0.2) is 24.5 Å². The van der Waals surface area contributed by atoms with E-state index in [0.29, 0.717) is 12.1 Å². The average molecular weight is 327 g/mol. The minimum absolute atomic E-state index is 0.125. The Morgan fingerprint density at radius 2 is 2.04 bits per heavy atom. The lowest BCUT2D eigenvalue weighted by Crippen LogP contribution is -2.23. The van der Waals surface area contributed by atoms with Crippen molar-refractivity contribution < 1.29 is 9.53 Å². The molecule has 2 aromatic rings. The zero-order valence-corrected chi connectivity index (χ0v) is 14.3. The Labute approximate surface area is 143 Å². The highest BCUT2D eigenvalue weighted by molar-refractivity contribution is 5.94. The topological polar surface area (TPSA) is 63.2 Å². The van der Waals surface area contributed by atoms with Crippen LogP contribution < -0.4 is 15.4 Å². The summed E-state index contributed by atoms with van der Waals surface area (Å²) in [7, 11) is 1.63. The summed E-state index contributed by atoms with van der Waals surface area (Å²) in [5.74, 6) is 1.38. The molecule has 0 aliphatic carbocycles. The first-order chi connectivity index (χ1) is 11.7. The highest BCUT2D eigenvalue weighted by atomic mass is 16.5. The average Bonchev–Trinajstić information content (AvgIpc) is 2.63. The molecule has 0 saturated carbocycles. The molecule has 2 N–H and O–H groups in total. The van der Waals surface area contributed by atoms with Crippen molar-refractivity contribution in [3.8, 4) is 5.75 Å². The van der Waals surface area contributed by atoms with Crippen LogP contribution in [0.15, 0.2) is 42.6 Å². The first-order valence-electron chi connectivity index (χ1n) is 8.34. The number of benzene rings is 1. The molecule has 5 nitrogen and oxygen atoms in total. The van der Waals surface area contributed by atoms with Gasteiger partial charge in [-0.1, -0.05) is 38.0 Å². The Hall–Kier alpha value is -2.56. The molecular weight excluding hydrogens is 302 g/mol. The second-order valence-electron chi connectivity index (χ2n) is 5.56. The molecule has 0 unspecified atom stereocenters. The molecule has 2 rings (SSSR count). The number of ether oxygens (including phenoxy) is 1. The van der Waals surface area contributed by atoms with E-state index >= 15 is 0 Å². The van der Waals surface area contributed by atoms with Gasteiger partial charge in [-0.15, -0.1) is 0 Å². The molecule has 5 heteroatoms. The number of methoxy groups -OCH3 is 1. The van der Waals surface area contributed by atoms with Crippen molar-refractivity contribution in [1.29, 1.82) is 0 Å². The number of rotatable bonds is 9. The first-order valence-corrected chi connectivity index (χ1v) is 8.34. The minimum atomic E-state index is -0.125. The van der Waals surface area contributed by atoms with Gasteiger partial charge in [-0.2, -0.15) is 0 Å². The Morgan fingerprint density at radius 1 is 1.21 bits per heavy atom. The van der Waals surface area contributed by atoms with Crippen molar-refractivity contribution in [1.82, 2.24) is 10.3 Å². The van der Waals surface area contributed by atoms with Crippen LogP contribution in [0.2, 0.25) is 0 Å². The molecule has 0 aliphatic heterocycles. The van der Waals surface area contributed by atoms with E-state index in [9.17, 15) is 4.79 Å². The molecule has 0 spiro atoms. The highest BCUT2D eigenvalue weighted by Gasteiger charge is 2.08. The Kier molecular flexibility index (Phi) is 7.08. The van der Waals surface area contributed by atoms with E-state index in [-0.39, 0.29) is 5.91 Å². The molecule has 0 fully saturated rings. The maximum Gasteiger partial charge on any atom is 0.251 e. The van der Waals surface area contributed by atoms with E-state index in [1.165, 1.54) is 12.8 Å². The maximum absolute atomic E-state index is 12.3.